The molecule has 0 unspecified atom stereocenters. The Labute approximate surface area is 179 Å². The summed E-state index contributed by atoms with van der Waals surface area (Å²) in [6, 6.07) is 19.4. The Balaban J connectivity index is 1.93. The van der Waals surface area contributed by atoms with Gasteiger partial charge in [0.1, 0.15) is 6.04 Å². The minimum atomic E-state index is -0.612. The maximum absolute atomic E-state index is 13.4. The summed E-state index contributed by atoms with van der Waals surface area (Å²) in [5.41, 5.74) is 1.91. The predicted octanol–water partition coefficient (Wildman–Crippen LogP) is 5.78. The summed E-state index contributed by atoms with van der Waals surface area (Å²) >= 11 is 6.80. The van der Waals surface area contributed by atoms with Gasteiger partial charge in [0.2, 0.25) is 5.91 Å². The molecule has 0 aromatic heterocycles. The molecule has 1 N–H and O–H groups in total. The van der Waals surface area contributed by atoms with E-state index < -0.39 is 6.04 Å². The molecular weight excluding hydrogens is 380 g/mol. The van der Waals surface area contributed by atoms with Gasteiger partial charge in [-0.15, -0.1) is 6.58 Å². The molecule has 0 bridgehead atoms. The second kappa shape index (κ2) is 10.9. The zero-order chi connectivity index (χ0) is 20.5. The number of hydrogen-bond donors (Lipinski definition) is 1. The number of amides is 1. The summed E-state index contributed by atoms with van der Waals surface area (Å²) in [5.74, 6) is -0.0558. The molecule has 2 aromatic carbocycles. The first-order valence-electron chi connectivity index (χ1n) is 10.3. The van der Waals surface area contributed by atoms with Crippen LogP contribution in [0.1, 0.15) is 37.7 Å². The number of nitrogens with one attached hydrogen (secondary N) is 1. The van der Waals surface area contributed by atoms with Crippen LogP contribution in [0.25, 0.3) is 6.08 Å². The van der Waals surface area contributed by atoms with Gasteiger partial charge >= 0.3 is 0 Å². The van der Waals surface area contributed by atoms with Crippen LogP contribution in [-0.4, -0.2) is 24.5 Å². The Morgan fingerprint density at radius 1 is 1.07 bits per heavy atom. The molecule has 0 saturated heterocycles. The quantitative estimate of drug-likeness (QED) is 0.562. The van der Waals surface area contributed by atoms with Crippen molar-refractivity contribution in [2.45, 2.75) is 44.2 Å². The zero-order valence-corrected chi connectivity index (χ0v) is 17.5. The number of anilines is 1. The van der Waals surface area contributed by atoms with Gasteiger partial charge in [0.15, 0.2) is 0 Å². The SMILES string of the molecule is C=CCN(c1ccccc1)[C@@H](C(=O)NC1CCCCC1)/C(Cl)=C/c1ccccc1. The van der Waals surface area contributed by atoms with Crippen molar-refractivity contribution in [2.75, 3.05) is 11.4 Å². The second-order valence-corrected chi connectivity index (χ2v) is 7.90. The Hall–Kier alpha value is -2.52. The van der Waals surface area contributed by atoms with Crippen molar-refractivity contribution in [3.05, 3.63) is 83.9 Å². The van der Waals surface area contributed by atoms with Crippen molar-refractivity contribution in [3.63, 3.8) is 0 Å². The molecule has 1 amide bonds. The fourth-order valence-electron chi connectivity index (χ4n) is 3.85. The van der Waals surface area contributed by atoms with E-state index in [4.69, 9.17) is 11.6 Å². The lowest BCUT2D eigenvalue weighted by molar-refractivity contribution is -0.122. The molecule has 1 aliphatic carbocycles. The fourth-order valence-corrected chi connectivity index (χ4v) is 4.19. The average molecular weight is 409 g/mol. The first kappa shape index (κ1) is 21.2. The van der Waals surface area contributed by atoms with Gasteiger partial charge in [-0.3, -0.25) is 4.79 Å². The number of carbonyl (C=O) groups is 1. The first-order valence-corrected chi connectivity index (χ1v) is 10.7. The van der Waals surface area contributed by atoms with E-state index in [0.717, 1.165) is 36.9 Å². The second-order valence-electron chi connectivity index (χ2n) is 7.46. The van der Waals surface area contributed by atoms with E-state index in [1.165, 1.54) is 6.42 Å². The van der Waals surface area contributed by atoms with Crippen LogP contribution in [0, 0.1) is 0 Å². The molecule has 1 saturated carbocycles. The molecule has 3 nitrogen and oxygen atoms in total. The van der Waals surface area contributed by atoms with Crippen LogP contribution in [0.2, 0.25) is 0 Å². The normalized spacial score (nSPS) is 16.1. The number of carbonyl (C=O) groups excluding carboxylic acids is 1. The Kier molecular flexibility index (Phi) is 7.94. The molecule has 2 aromatic rings. The molecule has 1 fully saturated rings. The maximum Gasteiger partial charge on any atom is 0.248 e. The van der Waals surface area contributed by atoms with Crippen LogP contribution in [0.4, 0.5) is 5.69 Å². The molecular formula is C25H29ClN2O. The minimum absolute atomic E-state index is 0.0558. The standard InChI is InChI=1S/C25H29ClN2O/c1-2-18-28(22-16-10-5-11-17-22)24(23(26)19-20-12-6-3-7-13-20)25(29)27-21-14-8-4-9-15-21/h2-3,5-7,10-13,16-17,19,21,24H,1,4,8-9,14-15,18H2,(H,27,29)/b23-19-/t24-/m1/s1. The lowest BCUT2D eigenvalue weighted by Gasteiger charge is -2.33. The van der Waals surface area contributed by atoms with Crippen molar-refractivity contribution in [1.82, 2.24) is 5.32 Å². The Morgan fingerprint density at radius 2 is 1.69 bits per heavy atom. The van der Waals surface area contributed by atoms with Crippen molar-refractivity contribution in [3.8, 4) is 0 Å². The van der Waals surface area contributed by atoms with Crippen molar-refractivity contribution in [1.29, 1.82) is 0 Å². The van der Waals surface area contributed by atoms with Gasteiger partial charge in [0.25, 0.3) is 0 Å². The molecule has 0 aliphatic heterocycles. The highest BCUT2D eigenvalue weighted by Crippen LogP contribution is 2.26. The summed E-state index contributed by atoms with van der Waals surface area (Å²) in [7, 11) is 0. The van der Waals surface area contributed by atoms with E-state index in [-0.39, 0.29) is 11.9 Å². The first-order chi connectivity index (χ1) is 14.2. The largest absolute Gasteiger partial charge is 0.351 e. The van der Waals surface area contributed by atoms with Gasteiger partial charge in [-0.1, -0.05) is 85.5 Å². The molecule has 29 heavy (non-hydrogen) atoms. The van der Waals surface area contributed by atoms with Crippen LogP contribution in [0.3, 0.4) is 0 Å². The van der Waals surface area contributed by atoms with Crippen LogP contribution in [0.5, 0.6) is 0 Å². The Bertz CT molecular complexity index is 813. The fraction of sp³-hybridized carbons (Fsp3) is 0.320. The molecule has 0 spiro atoms. The number of benzene rings is 2. The lowest BCUT2D eigenvalue weighted by atomic mass is 9.95. The van der Waals surface area contributed by atoms with Crippen molar-refractivity contribution in [2.24, 2.45) is 0 Å². The van der Waals surface area contributed by atoms with Crippen LogP contribution in [-0.2, 0) is 4.79 Å². The van der Waals surface area contributed by atoms with Crippen LogP contribution >= 0.6 is 11.6 Å². The van der Waals surface area contributed by atoms with Gasteiger partial charge in [0.05, 0.1) is 5.03 Å². The molecule has 152 valence electrons. The van der Waals surface area contributed by atoms with E-state index in [0.29, 0.717) is 11.6 Å². The van der Waals surface area contributed by atoms with E-state index in [1.54, 1.807) is 6.08 Å². The van der Waals surface area contributed by atoms with Crippen LogP contribution in [0.15, 0.2) is 78.4 Å². The van der Waals surface area contributed by atoms with Crippen molar-refractivity contribution < 1.29 is 4.79 Å². The van der Waals surface area contributed by atoms with Gasteiger partial charge in [-0.25, -0.2) is 0 Å². The molecule has 4 heteroatoms. The maximum atomic E-state index is 13.4. The lowest BCUT2D eigenvalue weighted by Crippen LogP contribution is -2.50. The van der Waals surface area contributed by atoms with Crippen molar-refractivity contribution >= 4 is 29.3 Å². The molecule has 1 aliphatic rings. The molecule has 0 radical (unpaired) electrons. The number of para-hydroxylation sites is 1. The third-order valence-electron chi connectivity index (χ3n) is 5.29. The van der Waals surface area contributed by atoms with E-state index in [1.807, 2.05) is 71.6 Å². The topological polar surface area (TPSA) is 32.3 Å². The van der Waals surface area contributed by atoms with E-state index >= 15 is 0 Å². The summed E-state index contributed by atoms with van der Waals surface area (Å²) in [4.78, 5) is 15.4. The minimum Gasteiger partial charge on any atom is -0.351 e. The van der Waals surface area contributed by atoms with Crippen LogP contribution < -0.4 is 10.2 Å². The third-order valence-corrected chi connectivity index (χ3v) is 5.61. The van der Waals surface area contributed by atoms with Gasteiger partial charge in [0, 0.05) is 18.3 Å². The highest BCUT2D eigenvalue weighted by Gasteiger charge is 2.30. The highest BCUT2D eigenvalue weighted by atomic mass is 35.5. The summed E-state index contributed by atoms with van der Waals surface area (Å²) in [5, 5.41) is 3.75. The number of nitrogens with zero attached hydrogens (tertiary/aromatic N) is 1. The van der Waals surface area contributed by atoms with Gasteiger partial charge in [-0.2, -0.15) is 0 Å². The highest BCUT2D eigenvalue weighted by molar-refractivity contribution is 6.34. The smallest absolute Gasteiger partial charge is 0.248 e. The summed E-state index contributed by atoms with van der Waals surface area (Å²) in [6.45, 7) is 4.41. The Morgan fingerprint density at radius 3 is 2.31 bits per heavy atom. The molecule has 1 atom stereocenters. The van der Waals surface area contributed by atoms with Gasteiger partial charge in [-0.05, 0) is 36.6 Å². The van der Waals surface area contributed by atoms with E-state index in [9.17, 15) is 4.79 Å². The predicted molar refractivity (Wildman–Crippen MR) is 123 cm³/mol. The molecule has 0 heterocycles. The number of hydrogen-bond acceptors (Lipinski definition) is 2. The van der Waals surface area contributed by atoms with E-state index in [2.05, 4.69) is 11.9 Å². The van der Waals surface area contributed by atoms with Gasteiger partial charge < -0.3 is 10.2 Å². The number of halogens is 1. The number of rotatable bonds is 8. The molecule has 3 rings (SSSR count). The third kappa shape index (κ3) is 5.98. The summed E-state index contributed by atoms with van der Waals surface area (Å²) in [6.07, 6.45) is 9.33. The zero-order valence-electron chi connectivity index (χ0n) is 16.8. The average Bonchev–Trinajstić information content (AvgIpc) is 2.75. The monoisotopic (exact) mass is 408 g/mol. The summed E-state index contributed by atoms with van der Waals surface area (Å²) < 4.78 is 0.